The number of aromatic hydroxyl groups is 1. The summed E-state index contributed by atoms with van der Waals surface area (Å²) >= 11 is 3.24. The Kier molecular flexibility index (Phi) is 3.39. The standard InChI is InChI=1S/C11H13BrO3/c1-5-4-8(13)10(12)6(2)9(5)7(3)11(14)15/h4,7,13H,1-3H3,(H,14,15). The maximum Gasteiger partial charge on any atom is 0.310 e. The molecule has 1 aromatic carbocycles. The fraction of sp³-hybridized carbons (Fsp3) is 0.364. The first kappa shape index (κ1) is 12.0. The van der Waals surface area contributed by atoms with Gasteiger partial charge >= 0.3 is 5.97 Å². The van der Waals surface area contributed by atoms with Crippen LogP contribution in [0.25, 0.3) is 0 Å². The number of aryl methyl sites for hydroxylation is 1. The van der Waals surface area contributed by atoms with Crippen LogP contribution in [0, 0.1) is 13.8 Å². The molecule has 15 heavy (non-hydrogen) atoms. The lowest BCUT2D eigenvalue weighted by atomic mass is 9.92. The summed E-state index contributed by atoms with van der Waals surface area (Å²) in [4.78, 5) is 10.9. The number of hydrogen-bond acceptors (Lipinski definition) is 2. The van der Waals surface area contributed by atoms with Gasteiger partial charge in [-0.2, -0.15) is 0 Å². The van der Waals surface area contributed by atoms with Crippen LogP contribution in [-0.2, 0) is 4.79 Å². The Hall–Kier alpha value is -1.03. The second kappa shape index (κ2) is 4.23. The van der Waals surface area contributed by atoms with E-state index in [-0.39, 0.29) is 5.75 Å². The Morgan fingerprint density at radius 3 is 2.47 bits per heavy atom. The first-order valence-electron chi connectivity index (χ1n) is 4.57. The third-order valence-corrected chi connectivity index (χ3v) is 3.54. The van der Waals surface area contributed by atoms with Crippen molar-refractivity contribution in [3.63, 3.8) is 0 Å². The van der Waals surface area contributed by atoms with Crippen molar-refractivity contribution in [2.75, 3.05) is 0 Å². The van der Waals surface area contributed by atoms with Crippen LogP contribution >= 0.6 is 15.9 Å². The van der Waals surface area contributed by atoms with Gasteiger partial charge < -0.3 is 10.2 Å². The smallest absolute Gasteiger partial charge is 0.310 e. The predicted octanol–water partition coefficient (Wildman–Crippen LogP) is 2.96. The topological polar surface area (TPSA) is 57.5 Å². The zero-order chi connectivity index (χ0) is 11.7. The molecule has 2 N–H and O–H groups in total. The lowest BCUT2D eigenvalue weighted by molar-refractivity contribution is -0.138. The number of carboxylic acid groups (broad SMARTS) is 1. The van der Waals surface area contributed by atoms with Gasteiger partial charge in [-0.05, 0) is 59.5 Å². The third-order valence-electron chi connectivity index (χ3n) is 2.54. The highest BCUT2D eigenvalue weighted by Gasteiger charge is 2.20. The molecule has 4 heteroatoms. The number of carboxylic acids is 1. The van der Waals surface area contributed by atoms with E-state index >= 15 is 0 Å². The Morgan fingerprint density at radius 1 is 1.47 bits per heavy atom. The zero-order valence-electron chi connectivity index (χ0n) is 8.84. The largest absolute Gasteiger partial charge is 0.507 e. The SMILES string of the molecule is Cc1cc(O)c(Br)c(C)c1C(C)C(=O)O. The Balaban J connectivity index is 3.42. The molecule has 0 fully saturated rings. The summed E-state index contributed by atoms with van der Waals surface area (Å²) in [5.74, 6) is -1.29. The van der Waals surface area contributed by atoms with Crippen molar-refractivity contribution in [1.82, 2.24) is 0 Å². The fourth-order valence-corrected chi connectivity index (χ4v) is 2.07. The van der Waals surface area contributed by atoms with E-state index in [2.05, 4.69) is 15.9 Å². The molecule has 1 unspecified atom stereocenters. The van der Waals surface area contributed by atoms with E-state index in [1.54, 1.807) is 26.8 Å². The molecule has 0 aliphatic heterocycles. The highest BCUT2D eigenvalue weighted by molar-refractivity contribution is 9.10. The van der Waals surface area contributed by atoms with Crippen LogP contribution in [0.4, 0.5) is 0 Å². The second-order valence-electron chi connectivity index (χ2n) is 3.63. The van der Waals surface area contributed by atoms with Gasteiger partial charge in [0.2, 0.25) is 0 Å². The molecule has 0 radical (unpaired) electrons. The molecule has 0 aliphatic carbocycles. The van der Waals surface area contributed by atoms with Crippen molar-refractivity contribution in [2.45, 2.75) is 26.7 Å². The van der Waals surface area contributed by atoms with Crippen molar-refractivity contribution in [3.05, 3.63) is 27.2 Å². The molecule has 1 rings (SSSR count). The number of phenolic OH excluding ortho intramolecular Hbond substituents is 1. The van der Waals surface area contributed by atoms with Gasteiger partial charge in [0.05, 0.1) is 10.4 Å². The summed E-state index contributed by atoms with van der Waals surface area (Å²) < 4.78 is 0.566. The average molecular weight is 273 g/mol. The van der Waals surface area contributed by atoms with Crippen molar-refractivity contribution < 1.29 is 15.0 Å². The maximum atomic E-state index is 10.9. The molecule has 0 heterocycles. The van der Waals surface area contributed by atoms with E-state index in [1.807, 2.05) is 0 Å². The number of rotatable bonds is 2. The first-order valence-corrected chi connectivity index (χ1v) is 5.37. The lowest BCUT2D eigenvalue weighted by Gasteiger charge is -2.16. The van der Waals surface area contributed by atoms with Crippen LogP contribution in [0.2, 0.25) is 0 Å². The van der Waals surface area contributed by atoms with Crippen LogP contribution in [0.3, 0.4) is 0 Å². The third kappa shape index (κ3) is 2.15. The Bertz CT molecular complexity index is 413. The van der Waals surface area contributed by atoms with Crippen molar-refractivity contribution in [1.29, 1.82) is 0 Å². The number of benzene rings is 1. The summed E-state index contributed by atoms with van der Waals surface area (Å²) in [7, 11) is 0. The monoisotopic (exact) mass is 272 g/mol. The van der Waals surface area contributed by atoms with E-state index in [9.17, 15) is 9.90 Å². The molecule has 3 nitrogen and oxygen atoms in total. The average Bonchev–Trinajstić information content (AvgIpc) is 2.14. The minimum absolute atomic E-state index is 0.145. The summed E-state index contributed by atoms with van der Waals surface area (Å²) in [6, 6.07) is 1.58. The Labute approximate surface area is 96.9 Å². The molecule has 82 valence electrons. The second-order valence-corrected chi connectivity index (χ2v) is 4.42. The van der Waals surface area contributed by atoms with E-state index in [4.69, 9.17) is 5.11 Å². The minimum Gasteiger partial charge on any atom is -0.507 e. The number of hydrogen-bond donors (Lipinski definition) is 2. The molecular formula is C11H13BrO3. The highest BCUT2D eigenvalue weighted by atomic mass is 79.9. The summed E-state index contributed by atoms with van der Waals surface area (Å²) in [5.41, 5.74) is 2.33. The maximum absolute atomic E-state index is 10.9. The van der Waals surface area contributed by atoms with Crippen LogP contribution in [0.1, 0.15) is 29.5 Å². The molecular weight excluding hydrogens is 260 g/mol. The molecule has 0 bridgehead atoms. The van der Waals surface area contributed by atoms with Gasteiger partial charge in [0, 0.05) is 0 Å². The van der Waals surface area contributed by atoms with Gasteiger partial charge in [-0.1, -0.05) is 0 Å². The van der Waals surface area contributed by atoms with Crippen LogP contribution < -0.4 is 0 Å². The van der Waals surface area contributed by atoms with Crippen LogP contribution in [0.5, 0.6) is 5.75 Å². The lowest BCUT2D eigenvalue weighted by Crippen LogP contribution is -2.11. The van der Waals surface area contributed by atoms with E-state index < -0.39 is 11.9 Å². The van der Waals surface area contributed by atoms with E-state index in [0.29, 0.717) is 4.47 Å². The molecule has 0 saturated heterocycles. The molecule has 0 spiro atoms. The summed E-state index contributed by atoms with van der Waals surface area (Å²) in [6.45, 7) is 5.24. The van der Waals surface area contributed by atoms with Gasteiger partial charge in [0.15, 0.2) is 0 Å². The molecule has 1 aromatic rings. The normalized spacial score (nSPS) is 12.5. The summed E-state index contributed by atoms with van der Waals surface area (Å²) in [6.07, 6.45) is 0. The number of carbonyl (C=O) groups is 1. The van der Waals surface area contributed by atoms with Gasteiger partial charge in [-0.15, -0.1) is 0 Å². The van der Waals surface area contributed by atoms with Crippen LogP contribution in [-0.4, -0.2) is 16.2 Å². The zero-order valence-corrected chi connectivity index (χ0v) is 10.4. The number of halogens is 1. The molecule has 0 amide bonds. The Morgan fingerprint density at radius 2 is 2.00 bits per heavy atom. The fourth-order valence-electron chi connectivity index (χ4n) is 1.74. The molecule has 1 atom stereocenters. The first-order chi connectivity index (χ1) is 6.86. The van der Waals surface area contributed by atoms with E-state index in [1.165, 1.54) is 0 Å². The van der Waals surface area contributed by atoms with Gasteiger partial charge in [-0.25, -0.2) is 0 Å². The van der Waals surface area contributed by atoms with Gasteiger partial charge in [0.1, 0.15) is 5.75 Å². The van der Waals surface area contributed by atoms with Crippen LogP contribution in [0.15, 0.2) is 10.5 Å². The minimum atomic E-state index is -0.862. The van der Waals surface area contributed by atoms with Crippen molar-refractivity contribution >= 4 is 21.9 Å². The van der Waals surface area contributed by atoms with Gasteiger partial charge in [0.25, 0.3) is 0 Å². The van der Waals surface area contributed by atoms with Crippen molar-refractivity contribution in [2.24, 2.45) is 0 Å². The molecule has 0 aliphatic rings. The van der Waals surface area contributed by atoms with Crippen molar-refractivity contribution in [3.8, 4) is 5.75 Å². The number of aliphatic carboxylic acids is 1. The van der Waals surface area contributed by atoms with E-state index in [0.717, 1.165) is 16.7 Å². The predicted molar refractivity (Wildman–Crippen MR) is 61.3 cm³/mol. The number of phenols is 1. The highest BCUT2D eigenvalue weighted by Crippen LogP contribution is 2.35. The van der Waals surface area contributed by atoms with Gasteiger partial charge in [-0.3, -0.25) is 4.79 Å². The summed E-state index contributed by atoms with van der Waals surface area (Å²) in [5, 5.41) is 18.5. The molecule has 0 saturated carbocycles. The quantitative estimate of drug-likeness (QED) is 0.870. The molecule has 0 aromatic heterocycles.